The Balaban J connectivity index is 2.20. The Morgan fingerprint density at radius 1 is 1.41 bits per heavy atom. The monoisotopic (exact) mass is 293 g/mol. The Kier molecular flexibility index (Phi) is 2.43. The van der Waals surface area contributed by atoms with Crippen LogP contribution in [0.5, 0.6) is 0 Å². The van der Waals surface area contributed by atoms with Gasteiger partial charge in [-0.2, -0.15) is 5.10 Å². The Morgan fingerprint density at radius 2 is 2.24 bits per heavy atom. The van der Waals surface area contributed by atoms with Crippen molar-refractivity contribution in [3.63, 3.8) is 0 Å². The van der Waals surface area contributed by atoms with Gasteiger partial charge < -0.3 is 0 Å². The molecule has 88 valence electrons. The molecule has 0 aromatic carbocycles. The first-order valence-electron chi connectivity index (χ1n) is 5.60. The summed E-state index contributed by atoms with van der Waals surface area (Å²) in [7, 11) is 1.91. The average molecular weight is 294 g/mol. The van der Waals surface area contributed by atoms with E-state index in [-0.39, 0.29) is 5.91 Å². The molecule has 0 bridgehead atoms. The third-order valence-electron chi connectivity index (χ3n) is 3.21. The number of halogens is 1. The van der Waals surface area contributed by atoms with Crippen molar-refractivity contribution in [2.45, 2.75) is 19.3 Å². The predicted octanol–water partition coefficient (Wildman–Crippen LogP) is 2.63. The van der Waals surface area contributed by atoms with Crippen LogP contribution in [-0.2, 0) is 13.5 Å². The highest BCUT2D eigenvalue weighted by atomic mass is 79.9. The smallest absolute Gasteiger partial charge is 0.230 e. The van der Waals surface area contributed by atoms with Crippen molar-refractivity contribution in [3.05, 3.63) is 28.6 Å². The van der Waals surface area contributed by atoms with Crippen LogP contribution in [0.4, 0.5) is 0 Å². The number of hydrogen-bond donors (Lipinski definition) is 0. The molecule has 0 fully saturated rings. The maximum Gasteiger partial charge on any atom is 0.230 e. The van der Waals surface area contributed by atoms with Gasteiger partial charge in [0.15, 0.2) is 0 Å². The molecule has 2 aromatic heterocycles. The zero-order valence-corrected chi connectivity index (χ0v) is 11.1. The average Bonchev–Trinajstić information content (AvgIpc) is 2.84. The summed E-state index contributed by atoms with van der Waals surface area (Å²) in [4.78, 5) is 11.8. The lowest BCUT2D eigenvalue weighted by molar-refractivity contribution is 0.0884. The van der Waals surface area contributed by atoms with Crippen LogP contribution in [0.1, 0.15) is 23.3 Å². The van der Waals surface area contributed by atoms with Gasteiger partial charge in [-0.05, 0) is 34.8 Å². The van der Waals surface area contributed by atoms with Gasteiger partial charge in [0.05, 0.1) is 16.4 Å². The Hall–Kier alpha value is -1.36. The van der Waals surface area contributed by atoms with E-state index >= 15 is 0 Å². The molecule has 5 heteroatoms. The van der Waals surface area contributed by atoms with Gasteiger partial charge in [0.1, 0.15) is 0 Å². The number of fused-ring (bicyclic) bond motifs is 1. The lowest BCUT2D eigenvalue weighted by Crippen LogP contribution is -2.18. The molecule has 3 heterocycles. The summed E-state index contributed by atoms with van der Waals surface area (Å²) >= 11 is 3.50. The Bertz CT molecular complexity index is 577. The number of hydrogen-bond acceptors (Lipinski definition) is 2. The van der Waals surface area contributed by atoms with Gasteiger partial charge in [-0.25, -0.2) is 0 Å². The fraction of sp³-hybridized carbons (Fsp3) is 0.333. The molecule has 0 N–H and O–H groups in total. The maximum absolute atomic E-state index is 11.8. The molecule has 0 unspecified atom stereocenters. The zero-order valence-electron chi connectivity index (χ0n) is 9.48. The molecular formula is C12H12BrN3O. The summed E-state index contributed by atoms with van der Waals surface area (Å²) < 4.78 is 4.57. The molecule has 0 amide bonds. The van der Waals surface area contributed by atoms with Gasteiger partial charge >= 0.3 is 0 Å². The lowest BCUT2D eigenvalue weighted by Gasteiger charge is -2.15. The second kappa shape index (κ2) is 3.84. The molecule has 0 atom stereocenters. The van der Waals surface area contributed by atoms with Gasteiger partial charge in [-0.1, -0.05) is 0 Å². The second-order valence-corrected chi connectivity index (χ2v) is 5.11. The quantitative estimate of drug-likeness (QED) is 0.811. The minimum absolute atomic E-state index is 0.191. The summed E-state index contributed by atoms with van der Waals surface area (Å²) in [6.07, 6.45) is 6.18. The van der Waals surface area contributed by atoms with Crippen molar-refractivity contribution in [3.8, 4) is 11.3 Å². The van der Waals surface area contributed by atoms with Crippen LogP contribution in [0.25, 0.3) is 11.3 Å². The summed E-state index contributed by atoms with van der Waals surface area (Å²) in [5, 5.41) is 4.22. The molecule has 0 saturated heterocycles. The van der Waals surface area contributed by atoms with Gasteiger partial charge in [0.2, 0.25) is 5.91 Å². The first-order valence-corrected chi connectivity index (χ1v) is 6.39. The Labute approximate surface area is 107 Å². The SMILES string of the molecule is Cn1ncc(Br)c1-c1ccn2c1CCCC2=O. The number of aryl methyl sites for hydroxylation is 1. The minimum atomic E-state index is 0.191. The third kappa shape index (κ3) is 1.57. The van der Waals surface area contributed by atoms with Crippen molar-refractivity contribution >= 4 is 21.8 Å². The lowest BCUT2D eigenvalue weighted by atomic mass is 10.0. The van der Waals surface area contributed by atoms with Crippen molar-refractivity contribution < 1.29 is 4.79 Å². The van der Waals surface area contributed by atoms with Gasteiger partial charge in [0.25, 0.3) is 0 Å². The van der Waals surface area contributed by atoms with Crippen LogP contribution in [0, 0.1) is 0 Å². The van der Waals surface area contributed by atoms with E-state index in [0.717, 1.165) is 34.3 Å². The van der Waals surface area contributed by atoms with Crippen LogP contribution >= 0.6 is 15.9 Å². The molecule has 2 aromatic rings. The highest BCUT2D eigenvalue weighted by molar-refractivity contribution is 9.10. The van der Waals surface area contributed by atoms with E-state index < -0.39 is 0 Å². The highest BCUT2D eigenvalue weighted by Crippen LogP contribution is 2.33. The van der Waals surface area contributed by atoms with E-state index in [1.807, 2.05) is 24.0 Å². The molecular weight excluding hydrogens is 282 g/mol. The zero-order chi connectivity index (χ0) is 12.0. The van der Waals surface area contributed by atoms with E-state index in [1.165, 1.54) is 0 Å². The minimum Gasteiger partial charge on any atom is -0.291 e. The molecule has 1 aliphatic heterocycles. The van der Waals surface area contributed by atoms with Crippen molar-refractivity contribution in [1.29, 1.82) is 0 Å². The van der Waals surface area contributed by atoms with Crippen LogP contribution in [0.15, 0.2) is 22.9 Å². The van der Waals surface area contributed by atoms with Crippen LogP contribution < -0.4 is 0 Å². The maximum atomic E-state index is 11.8. The molecule has 0 aliphatic carbocycles. The molecule has 4 nitrogen and oxygen atoms in total. The Morgan fingerprint density at radius 3 is 2.94 bits per heavy atom. The first-order chi connectivity index (χ1) is 8.18. The van der Waals surface area contributed by atoms with Gasteiger partial charge in [-0.15, -0.1) is 0 Å². The number of rotatable bonds is 1. The standard InChI is InChI=1S/C12H12BrN3O/c1-15-12(9(13)7-14-15)8-5-6-16-10(8)3-2-4-11(16)17/h5-7H,2-4H2,1H3. The molecule has 0 spiro atoms. The van der Waals surface area contributed by atoms with Crippen LogP contribution in [-0.4, -0.2) is 20.3 Å². The number of aromatic nitrogens is 3. The fourth-order valence-corrected chi connectivity index (χ4v) is 2.97. The summed E-state index contributed by atoms with van der Waals surface area (Å²) in [5.74, 6) is 0.191. The molecule has 0 saturated carbocycles. The van der Waals surface area contributed by atoms with Crippen LogP contribution in [0.3, 0.4) is 0 Å². The highest BCUT2D eigenvalue weighted by Gasteiger charge is 2.22. The molecule has 17 heavy (non-hydrogen) atoms. The van der Waals surface area contributed by atoms with Crippen molar-refractivity contribution in [2.75, 3.05) is 0 Å². The number of carbonyl (C=O) groups excluding carboxylic acids is 1. The van der Waals surface area contributed by atoms with Gasteiger partial charge in [-0.3, -0.25) is 14.0 Å². The summed E-state index contributed by atoms with van der Waals surface area (Å²) in [6, 6.07) is 2.00. The summed E-state index contributed by atoms with van der Waals surface area (Å²) in [6.45, 7) is 0. The first kappa shape index (κ1) is 10.8. The number of nitrogens with zero attached hydrogens (tertiary/aromatic N) is 3. The summed E-state index contributed by atoms with van der Waals surface area (Å²) in [5.41, 5.74) is 3.24. The number of carbonyl (C=O) groups is 1. The molecule has 1 aliphatic rings. The normalized spacial score (nSPS) is 15.1. The largest absolute Gasteiger partial charge is 0.291 e. The van der Waals surface area contributed by atoms with Gasteiger partial charge in [0, 0.05) is 30.9 Å². The van der Waals surface area contributed by atoms with Crippen molar-refractivity contribution in [1.82, 2.24) is 14.3 Å². The van der Waals surface area contributed by atoms with E-state index in [0.29, 0.717) is 6.42 Å². The van der Waals surface area contributed by atoms with E-state index in [1.54, 1.807) is 10.8 Å². The van der Waals surface area contributed by atoms with E-state index in [4.69, 9.17) is 0 Å². The predicted molar refractivity (Wildman–Crippen MR) is 67.9 cm³/mol. The topological polar surface area (TPSA) is 39.8 Å². The van der Waals surface area contributed by atoms with Crippen LogP contribution in [0.2, 0.25) is 0 Å². The fourth-order valence-electron chi connectivity index (χ4n) is 2.41. The second-order valence-electron chi connectivity index (χ2n) is 4.26. The van der Waals surface area contributed by atoms with E-state index in [2.05, 4.69) is 21.0 Å². The molecule has 3 rings (SSSR count). The van der Waals surface area contributed by atoms with E-state index in [9.17, 15) is 4.79 Å². The van der Waals surface area contributed by atoms with Crippen molar-refractivity contribution in [2.24, 2.45) is 7.05 Å². The third-order valence-corrected chi connectivity index (χ3v) is 3.79. The molecule has 0 radical (unpaired) electrons.